The Morgan fingerprint density at radius 2 is 2.08 bits per heavy atom. The summed E-state index contributed by atoms with van der Waals surface area (Å²) >= 11 is 0. The van der Waals surface area contributed by atoms with Gasteiger partial charge in [-0.15, -0.1) is 0 Å². The number of ether oxygens (including phenoxy) is 1. The van der Waals surface area contributed by atoms with Gasteiger partial charge in [0.2, 0.25) is 0 Å². The zero-order valence-corrected chi connectivity index (χ0v) is 7.49. The summed E-state index contributed by atoms with van der Waals surface area (Å²) in [5.74, 6) is 1.52. The summed E-state index contributed by atoms with van der Waals surface area (Å²) < 4.78 is 5.27. The smallest absolute Gasteiger partial charge is 0.302 e. The fraction of sp³-hybridized carbons (Fsp3) is 0.700. The zero-order valence-electron chi connectivity index (χ0n) is 7.49. The number of esters is 1. The van der Waals surface area contributed by atoms with E-state index >= 15 is 0 Å². The highest BCUT2D eigenvalue weighted by Crippen LogP contribution is 2.44. The molecule has 0 aliphatic heterocycles. The van der Waals surface area contributed by atoms with Crippen LogP contribution in [0.4, 0.5) is 0 Å². The molecule has 1 saturated carbocycles. The van der Waals surface area contributed by atoms with Crippen molar-refractivity contribution in [3.8, 4) is 0 Å². The molecule has 2 aliphatic carbocycles. The number of carbonyl (C=O) groups excluding carboxylic acids is 1. The molecular weight excluding hydrogens is 152 g/mol. The van der Waals surface area contributed by atoms with Gasteiger partial charge in [-0.2, -0.15) is 0 Å². The Labute approximate surface area is 72.6 Å². The molecule has 0 radical (unpaired) electrons. The first kappa shape index (κ1) is 7.84. The van der Waals surface area contributed by atoms with Crippen molar-refractivity contribution in [2.24, 2.45) is 17.8 Å². The molecule has 2 heteroatoms. The average molecular weight is 166 g/mol. The number of carbonyl (C=O) groups is 1. The number of rotatable bonds is 1. The molecule has 66 valence electrons. The fourth-order valence-electron chi connectivity index (χ4n) is 2.41. The van der Waals surface area contributed by atoms with Crippen molar-refractivity contribution in [1.29, 1.82) is 0 Å². The molecule has 0 heterocycles. The molecule has 0 spiro atoms. The first-order valence-corrected chi connectivity index (χ1v) is 4.54. The lowest BCUT2D eigenvalue weighted by molar-refractivity contribution is -0.149. The lowest BCUT2D eigenvalue weighted by Crippen LogP contribution is -2.27. The number of fused-ring (bicyclic) bond motifs is 2. The second-order valence-electron chi connectivity index (χ2n) is 3.88. The number of allylic oxidation sites excluding steroid dienone is 1. The molecule has 0 unspecified atom stereocenters. The van der Waals surface area contributed by atoms with Gasteiger partial charge < -0.3 is 4.74 Å². The first-order valence-electron chi connectivity index (χ1n) is 4.54. The van der Waals surface area contributed by atoms with Gasteiger partial charge in [0.15, 0.2) is 0 Å². The summed E-state index contributed by atoms with van der Waals surface area (Å²) in [6.45, 7) is 3.66. The minimum atomic E-state index is -0.146. The van der Waals surface area contributed by atoms with E-state index in [1.54, 1.807) is 0 Å². The molecule has 0 aromatic carbocycles. The minimum Gasteiger partial charge on any atom is -0.462 e. The maximum absolute atomic E-state index is 10.8. The fourth-order valence-corrected chi connectivity index (χ4v) is 2.41. The van der Waals surface area contributed by atoms with E-state index in [0.717, 1.165) is 0 Å². The van der Waals surface area contributed by atoms with Crippen molar-refractivity contribution >= 4 is 5.97 Å². The molecule has 0 amide bonds. The quantitative estimate of drug-likeness (QED) is 0.438. The van der Waals surface area contributed by atoms with Crippen LogP contribution in [0.3, 0.4) is 0 Å². The summed E-state index contributed by atoms with van der Waals surface area (Å²) in [5, 5.41) is 0. The predicted octanol–water partition coefficient (Wildman–Crippen LogP) is 1.76. The van der Waals surface area contributed by atoms with E-state index in [1.165, 1.54) is 13.3 Å². The van der Waals surface area contributed by atoms with Crippen LogP contribution < -0.4 is 0 Å². The lowest BCUT2D eigenvalue weighted by Gasteiger charge is -2.23. The molecule has 2 aliphatic rings. The maximum Gasteiger partial charge on any atom is 0.302 e. The van der Waals surface area contributed by atoms with E-state index in [2.05, 4.69) is 19.1 Å². The van der Waals surface area contributed by atoms with Gasteiger partial charge in [-0.1, -0.05) is 19.1 Å². The molecule has 0 aromatic rings. The highest BCUT2D eigenvalue weighted by Gasteiger charge is 2.43. The van der Waals surface area contributed by atoms with Gasteiger partial charge in [-0.05, 0) is 18.3 Å². The Morgan fingerprint density at radius 3 is 2.58 bits per heavy atom. The summed E-state index contributed by atoms with van der Waals surface area (Å²) in [5.41, 5.74) is 0. The van der Waals surface area contributed by atoms with Gasteiger partial charge in [0, 0.05) is 12.8 Å². The predicted molar refractivity (Wildman–Crippen MR) is 45.5 cm³/mol. The minimum absolute atomic E-state index is 0.146. The third kappa shape index (κ3) is 1.06. The van der Waals surface area contributed by atoms with Crippen LogP contribution in [0.5, 0.6) is 0 Å². The molecule has 2 bridgehead atoms. The van der Waals surface area contributed by atoms with Crippen molar-refractivity contribution in [2.75, 3.05) is 0 Å². The molecule has 0 saturated heterocycles. The van der Waals surface area contributed by atoms with Crippen molar-refractivity contribution < 1.29 is 9.53 Å². The Hall–Kier alpha value is -0.790. The summed E-state index contributed by atoms with van der Waals surface area (Å²) in [6.07, 6.45) is 5.78. The Morgan fingerprint density at radius 1 is 1.42 bits per heavy atom. The second kappa shape index (κ2) is 2.61. The SMILES string of the molecule is CC(=O)O[C@@H]1[C@H](C)[C@H]2C=C[C@@H]1C2. The highest BCUT2D eigenvalue weighted by molar-refractivity contribution is 5.66. The lowest BCUT2D eigenvalue weighted by atomic mass is 9.93. The van der Waals surface area contributed by atoms with E-state index < -0.39 is 0 Å². The second-order valence-corrected chi connectivity index (χ2v) is 3.88. The Kier molecular flexibility index (Phi) is 1.71. The third-order valence-electron chi connectivity index (χ3n) is 3.07. The summed E-state index contributed by atoms with van der Waals surface area (Å²) in [6, 6.07) is 0. The van der Waals surface area contributed by atoms with Crippen molar-refractivity contribution in [3.05, 3.63) is 12.2 Å². The van der Waals surface area contributed by atoms with E-state index in [-0.39, 0.29) is 12.1 Å². The standard InChI is InChI=1S/C10H14O2/c1-6-8-3-4-9(5-8)10(6)12-7(2)11/h3-4,6,8-10H,5H2,1-2H3/t6-,8+,9-,10-/m1/s1. The first-order chi connectivity index (χ1) is 5.68. The molecule has 12 heavy (non-hydrogen) atoms. The van der Waals surface area contributed by atoms with Gasteiger partial charge in [0.1, 0.15) is 6.10 Å². The van der Waals surface area contributed by atoms with E-state index in [0.29, 0.717) is 17.8 Å². The van der Waals surface area contributed by atoms with Crippen molar-refractivity contribution in [1.82, 2.24) is 0 Å². The summed E-state index contributed by atoms with van der Waals surface area (Å²) in [7, 11) is 0. The van der Waals surface area contributed by atoms with Gasteiger partial charge in [0.25, 0.3) is 0 Å². The highest BCUT2D eigenvalue weighted by atomic mass is 16.5. The van der Waals surface area contributed by atoms with Gasteiger partial charge >= 0.3 is 5.97 Å². The number of hydrogen-bond donors (Lipinski definition) is 0. The molecule has 0 aromatic heterocycles. The van der Waals surface area contributed by atoms with Crippen LogP contribution in [-0.4, -0.2) is 12.1 Å². The monoisotopic (exact) mass is 166 g/mol. The largest absolute Gasteiger partial charge is 0.462 e. The van der Waals surface area contributed by atoms with Crippen molar-refractivity contribution in [3.63, 3.8) is 0 Å². The van der Waals surface area contributed by atoms with Crippen LogP contribution in [0.25, 0.3) is 0 Å². The Balaban J connectivity index is 2.08. The molecule has 4 atom stereocenters. The number of hydrogen-bond acceptors (Lipinski definition) is 2. The van der Waals surface area contributed by atoms with E-state index in [4.69, 9.17) is 4.74 Å². The van der Waals surface area contributed by atoms with Gasteiger partial charge in [-0.3, -0.25) is 4.79 Å². The van der Waals surface area contributed by atoms with Crippen LogP contribution in [0.2, 0.25) is 0 Å². The molecule has 1 fully saturated rings. The van der Waals surface area contributed by atoms with Gasteiger partial charge in [0.05, 0.1) is 0 Å². The van der Waals surface area contributed by atoms with Crippen molar-refractivity contribution in [2.45, 2.75) is 26.4 Å². The maximum atomic E-state index is 10.8. The normalized spacial score (nSPS) is 43.5. The van der Waals surface area contributed by atoms with Gasteiger partial charge in [-0.25, -0.2) is 0 Å². The topological polar surface area (TPSA) is 26.3 Å². The third-order valence-corrected chi connectivity index (χ3v) is 3.07. The van der Waals surface area contributed by atoms with Crippen LogP contribution in [0.1, 0.15) is 20.3 Å². The van der Waals surface area contributed by atoms with Crippen LogP contribution >= 0.6 is 0 Å². The van der Waals surface area contributed by atoms with Crippen LogP contribution in [0, 0.1) is 17.8 Å². The molecule has 0 N–H and O–H groups in total. The summed E-state index contributed by atoms with van der Waals surface area (Å²) in [4.78, 5) is 10.8. The molecular formula is C10H14O2. The van der Waals surface area contributed by atoms with Crippen LogP contribution in [0.15, 0.2) is 12.2 Å². The zero-order chi connectivity index (χ0) is 8.72. The Bertz CT molecular complexity index is 232. The van der Waals surface area contributed by atoms with Crippen LogP contribution in [-0.2, 0) is 9.53 Å². The molecule has 2 rings (SSSR count). The average Bonchev–Trinajstić information content (AvgIpc) is 2.53. The van der Waals surface area contributed by atoms with E-state index in [1.807, 2.05) is 0 Å². The van der Waals surface area contributed by atoms with E-state index in [9.17, 15) is 4.79 Å². The molecule has 2 nitrogen and oxygen atoms in total.